The summed E-state index contributed by atoms with van der Waals surface area (Å²) in [6, 6.07) is 9.70. The van der Waals surface area contributed by atoms with Crippen molar-refractivity contribution in [2.24, 2.45) is 0 Å². The molecule has 0 aliphatic carbocycles. The molecule has 1 aromatic carbocycles. The highest BCUT2D eigenvalue weighted by Crippen LogP contribution is 2.12. The number of hydrogen-bond donors (Lipinski definition) is 1. The molecule has 21 heavy (non-hydrogen) atoms. The highest BCUT2D eigenvalue weighted by Gasteiger charge is 2.22. The maximum Gasteiger partial charge on any atom is 0.225 e. The van der Waals surface area contributed by atoms with Crippen molar-refractivity contribution >= 4 is 11.8 Å². The summed E-state index contributed by atoms with van der Waals surface area (Å²) >= 11 is 0. The molecule has 1 aliphatic rings. The van der Waals surface area contributed by atoms with Gasteiger partial charge in [0.1, 0.15) is 5.75 Å². The van der Waals surface area contributed by atoms with Gasteiger partial charge < -0.3 is 15.0 Å². The van der Waals surface area contributed by atoms with Gasteiger partial charge in [-0.3, -0.25) is 9.59 Å². The SMILES string of the molecule is CC(=O)NC1CCN(C(=O)CCOc2ccccc2)CC1. The Hall–Kier alpha value is -2.04. The first kappa shape index (κ1) is 15.4. The molecule has 1 heterocycles. The Morgan fingerprint density at radius 2 is 1.90 bits per heavy atom. The van der Waals surface area contributed by atoms with Crippen LogP contribution in [0.3, 0.4) is 0 Å². The minimum absolute atomic E-state index is 0.00367. The number of rotatable bonds is 5. The monoisotopic (exact) mass is 290 g/mol. The zero-order valence-corrected chi connectivity index (χ0v) is 12.4. The van der Waals surface area contributed by atoms with Gasteiger partial charge in [0.15, 0.2) is 0 Å². The summed E-state index contributed by atoms with van der Waals surface area (Å²) in [4.78, 5) is 24.9. The second-order valence-corrected chi connectivity index (χ2v) is 5.27. The van der Waals surface area contributed by atoms with Crippen molar-refractivity contribution in [3.8, 4) is 5.75 Å². The number of nitrogens with one attached hydrogen (secondary N) is 1. The van der Waals surface area contributed by atoms with Crippen molar-refractivity contribution in [1.29, 1.82) is 0 Å². The van der Waals surface area contributed by atoms with Gasteiger partial charge in [0, 0.05) is 26.1 Å². The smallest absolute Gasteiger partial charge is 0.225 e. The fourth-order valence-corrected chi connectivity index (χ4v) is 2.49. The normalized spacial score (nSPS) is 15.6. The van der Waals surface area contributed by atoms with Crippen LogP contribution >= 0.6 is 0 Å². The van der Waals surface area contributed by atoms with Gasteiger partial charge in [-0.05, 0) is 25.0 Å². The average molecular weight is 290 g/mol. The van der Waals surface area contributed by atoms with E-state index in [0.29, 0.717) is 26.1 Å². The molecule has 1 fully saturated rings. The Morgan fingerprint density at radius 1 is 1.24 bits per heavy atom. The Bertz CT molecular complexity index is 468. The van der Waals surface area contributed by atoms with Crippen molar-refractivity contribution in [3.05, 3.63) is 30.3 Å². The van der Waals surface area contributed by atoms with Crippen molar-refractivity contribution < 1.29 is 14.3 Å². The molecular formula is C16H22N2O3. The fraction of sp³-hybridized carbons (Fsp3) is 0.500. The van der Waals surface area contributed by atoms with Crippen LogP contribution in [0.25, 0.3) is 0 Å². The minimum atomic E-state index is -0.00367. The van der Waals surface area contributed by atoms with Gasteiger partial charge in [0.05, 0.1) is 13.0 Å². The molecule has 5 nitrogen and oxygen atoms in total. The lowest BCUT2D eigenvalue weighted by Gasteiger charge is -2.32. The van der Waals surface area contributed by atoms with E-state index in [-0.39, 0.29) is 17.9 Å². The van der Waals surface area contributed by atoms with E-state index in [2.05, 4.69) is 5.32 Å². The summed E-state index contributed by atoms with van der Waals surface area (Å²) in [5.41, 5.74) is 0. The first-order valence-electron chi connectivity index (χ1n) is 7.38. The molecule has 114 valence electrons. The number of likely N-dealkylation sites (tertiary alicyclic amines) is 1. The number of piperidine rings is 1. The van der Waals surface area contributed by atoms with E-state index in [9.17, 15) is 9.59 Å². The predicted molar refractivity (Wildman–Crippen MR) is 80.0 cm³/mol. The number of amides is 2. The lowest BCUT2D eigenvalue weighted by Crippen LogP contribution is -2.46. The van der Waals surface area contributed by atoms with E-state index in [4.69, 9.17) is 4.74 Å². The first-order chi connectivity index (χ1) is 10.1. The maximum atomic E-state index is 12.1. The molecule has 0 bridgehead atoms. The topological polar surface area (TPSA) is 58.6 Å². The molecule has 0 aromatic heterocycles. The number of ether oxygens (including phenoxy) is 1. The quantitative estimate of drug-likeness (QED) is 0.895. The number of carbonyl (C=O) groups is 2. The minimum Gasteiger partial charge on any atom is -0.493 e. The summed E-state index contributed by atoms with van der Waals surface area (Å²) in [5, 5.41) is 2.90. The van der Waals surface area contributed by atoms with E-state index >= 15 is 0 Å². The number of nitrogens with zero attached hydrogens (tertiary/aromatic N) is 1. The van der Waals surface area contributed by atoms with Crippen molar-refractivity contribution in [2.45, 2.75) is 32.2 Å². The Labute approximate surface area is 125 Å². The molecule has 1 aliphatic heterocycles. The van der Waals surface area contributed by atoms with Crippen molar-refractivity contribution in [3.63, 3.8) is 0 Å². The maximum absolute atomic E-state index is 12.1. The standard InChI is InChI=1S/C16H22N2O3/c1-13(19)17-14-7-10-18(11-8-14)16(20)9-12-21-15-5-3-2-4-6-15/h2-6,14H,7-12H2,1H3,(H,17,19). The molecule has 2 rings (SSSR count). The van der Waals surface area contributed by atoms with Crippen LogP contribution in [0, 0.1) is 0 Å². The van der Waals surface area contributed by atoms with Crippen LogP contribution < -0.4 is 10.1 Å². The first-order valence-corrected chi connectivity index (χ1v) is 7.38. The Balaban J connectivity index is 1.67. The van der Waals surface area contributed by atoms with Crippen LogP contribution in [0.1, 0.15) is 26.2 Å². The molecule has 0 atom stereocenters. The molecule has 0 saturated carbocycles. The number of benzene rings is 1. The van der Waals surface area contributed by atoms with Crippen LogP contribution in [-0.2, 0) is 9.59 Å². The number of carbonyl (C=O) groups excluding carboxylic acids is 2. The molecule has 0 radical (unpaired) electrons. The van der Waals surface area contributed by atoms with Crippen molar-refractivity contribution in [2.75, 3.05) is 19.7 Å². The average Bonchev–Trinajstić information content (AvgIpc) is 2.48. The molecular weight excluding hydrogens is 268 g/mol. The molecule has 1 N–H and O–H groups in total. The second kappa shape index (κ2) is 7.67. The summed E-state index contributed by atoms with van der Waals surface area (Å²) < 4.78 is 5.54. The zero-order chi connectivity index (χ0) is 15.1. The van der Waals surface area contributed by atoms with Crippen LogP contribution in [0.4, 0.5) is 0 Å². The van der Waals surface area contributed by atoms with Crippen LogP contribution in [0.2, 0.25) is 0 Å². The van der Waals surface area contributed by atoms with E-state index < -0.39 is 0 Å². The Morgan fingerprint density at radius 3 is 2.52 bits per heavy atom. The van der Waals surface area contributed by atoms with Crippen LogP contribution in [0.5, 0.6) is 5.75 Å². The van der Waals surface area contributed by atoms with E-state index in [1.807, 2.05) is 35.2 Å². The third kappa shape index (κ3) is 5.10. The molecule has 0 unspecified atom stereocenters. The molecule has 2 amide bonds. The molecule has 1 saturated heterocycles. The summed E-state index contributed by atoms with van der Waals surface area (Å²) in [6.45, 7) is 3.33. The highest BCUT2D eigenvalue weighted by molar-refractivity contribution is 5.76. The highest BCUT2D eigenvalue weighted by atomic mass is 16.5. The molecule has 1 aromatic rings. The number of hydrogen-bond acceptors (Lipinski definition) is 3. The van der Waals surface area contributed by atoms with Gasteiger partial charge >= 0.3 is 0 Å². The van der Waals surface area contributed by atoms with Gasteiger partial charge in [-0.15, -0.1) is 0 Å². The van der Waals surface area contributed by atoms with Gasteiger partial charge in [-0.1, -0.05) is 18.2 Å². The van der Waals surface area contributed by atoms with Crippen LogP contribution in [0.15, 0.2) is 30.3 Å². The summed E-state index contributed by atoms with van der Waals surface area (Å²) in [5.74, 6) is 0.901. The lowest BCUT2D eigenvalue weighted by atomic mass is 10.0. The summed E-state index contributed by atoms with van der Waals surface area (Å²) in [6.07, 6.45) is 2.04. The second-order valence-electron chi connectivity index (χ2n) is 5.27. The largest absolute Gasteiger partial charge is 0.493 e. The Kier molecular flexibility index (Phi) is 5.60. The van der Waals surface area contributed by atoms with Gasteiger partial charge in [0.25, 0.3) is 0 Å². The zero-order valence-electron chi connectivity index (χ0n) is 12.4. The van der Waals surface area contributed by atoms with Gasteiger partial charge in [-0.2, -0.15) is 0 Å². The number of para-hydroxylation sites is 1. The summed E-state index contributed by atoms with van der Waals surface area (Å²) in [7, 11) is 0. The lowest BCUT2D eigenvalue weighted by molar-refractivity contribution is -0.132. The van der Waals surface area contributed by atoms with E-state index in [1.165, 1.54) is 6.92 Å². The molecule has 5 heteroatoms. The predicted octanol–water partition coefficient (Wildman–Crippen LogP) is 1.58. The van der Waals surface area contributed by atoms with E-state index in [1.54, 1.807) is 0 Å². The van der Waals surface area contributed by atoms with E-state index in [0.717, 1.165) is 18.6 Å². The van der Waals surface area contributed by atoms with Gasteiger partial charge in [-0.25, -0.2) is 0 Å². The van der Waals surface area contributed by atoms with Crippen molar-refractivity contribution in [1.82, 2.24) is 10.2 Å². The fourth-order valence-electron chi connectivity index (χ4n) is 2.49. The molecule has 0 spiro atoms. The third-order valence-electron chi connectivity index (χ3n) is 3.58. The van der Waals surface area contributed by atoms with Crippen LogP contribution in [-0.4, -0.2) is 42.5 Å². The van der Waals surface area contributed by atoms with Gasteiger partial charge in [0.2, 0.25) is 11.8 Å². The third-order valence-corrected chi connectivity index (χ3v) is 3.58.